The summed E-state index contributed by atoms with van der Waals surface area (Å²) in [5, 5.41) is 0. The minimum Gasteiger partial charge on any atom is -0.0561 e. The van der Waals surface area contributed by atoms with Gasteiger partial charge in [-0.25, -0.2) is 0 Å². The van der Waals surface area contributed by atoms with Gasteiger partial charge in [-0.05, 0) is 77.0 Å². The molecule has 0 heterocycles. The molecule has 0 atom stereocenters. The lowest BCUT2D eigenvalue weighted by Crippen LogP contribution is -2.27. The molecule has 0 aliphatic heterocycles. The van der Waals surface area contributed by atoms with E-state index < -0.39 is 0 Å². The molecule has 0 N–H and O–H groups in total. The van der Waals surface area contributed by atoms with Crippen molar-refractivity contribution in [3.63, 3.8) is 0 Å². The summed E-state index contributed by atoms with van der Waals surface area (Å²) in [7, 11) is 0. The Bertz CT molecular complexity index is 934. The van der Waals surface area contributed by atoms with Gasteiger partial charge in [-0.1, -0.05) is 149 Å². The molecule has 0 radical (unpaired) electrons. The molecule has 0 aromatic heterocycles. The molecule has 0 saturated heterocycles. The standard InChI is InChI=1S/C36H58/c1-31(2,3)23-19-25(33(7,8)9)29(26(20-23)34(10,11)12)30-27(35(13,14)15)21-24(32(4,5)6)22-28(30)36(16,17)18/h19-22H,1-18H3. The average Bonchev–Trinajstić information content (AvgIpc) is 2.61. The molecule has 2 aromatic carbocycles. The predicted molar refractivity (Wildman–Crippen MR) is 164 cm³/mol. The van der Waals surface area contributed by atoms with E-state index in [9.17, 15) is 0 Å². The molecule has 0 saturated carbocycles. The summed E-state index contributed by atoms with van der Waals surface area (Å²) >= 11 is 0. The second-order valence-electron chi connectivity index (χ2n) is 17.4. The zero-order valence-corrected chi connectivity index (χ0v) is 27.3. The third-order valence-corrected chi connectivity index (χ3v) is 7.49. The van der Waals surface area contributed by atoms with Crippen molar-refractivity contribution in [1.29, 1.82) is 0 Å². The highest BCUT2D eigenvalue weighted by Gasteiger charge is 2.36. The van der Waals surface area contributed by atoms with Gasteiger partial charge in [0.25, 0.3) is 0 Å². The van der Waals surface area contributed by atoms with Crippen molar-refractivity contribution in [1.82, 2.24) is 0 Å². The van der Waals surface area contributed by atoms with Crippen LogP contribution in [0.25, 0.3) is 11.1 Å². The molecule has 0 unspecified atom stereocenters. The first kappa shape index (κ1) is 30.7. The van der Waals surface area contributed by atoms with Crippen LogP contribution < -0.4 is 0 Å². The first-order chi connectivity index (χ1) is 15.7. The maximum Gasteiger partial charge on any atom is -0.0103 e. The van der Waals surface area contributed by atoms with Crippen LogP contribution in [-0.2, 0) is 32.5 Å². The van der Waals surface area contributed by atoms with E-state index in [-0.39, 0.29) is 32.5 Å². The molecule has 0 amide bonds. The molecular formula is C36H58. The van der Waals surface area contributed by atoms with Crippen molar-refractivity contribution >= 4 is 0 Å². The predicted octanol–water partition coefficient (Wildman–Crippen LogP) is 11.1. The van der Waals surface area contributed by atoms with Crippen LogP contribution in [0.1, 0.15) is 158 Å². The van der Waals surface area contributed by atoms with Gasteiger partial charge in [0, 0.05) is 0 Å². The van der Waals surface area contributed by atoms with Crippen LogP contribution in [0.3, 0.4) is 0 Å². The van der Waals surface area contributed by atoms with Crippen molar-refractivity contribution in [2.24, 2.45) is 0 Å². The lowest BCUT2D eigenvalue weighted by Gasteiger charge is -2.39. The number of benzene rings is 2. The summed E-state index contributed by atoms with van der Waals surface area (Å²) in [5.41, 5.74) is 11.9. The molecule has 0 spiro atoms. The number of hydrogen-bond donors (Lipinski definition) is 0. The van der Waals surface area contributed by atoms with E-state index in [4.69, 9.17) is 0 Å². The van der Waals surface area contributed by atoms with E-state index in [0.29, 0.717) is 0 Å². The Hall–Kier alpha value is -1.56. The Morgan fingerprint density at radius 3 is 0.556 bits per heavy atom. The van der Waals surface area contributed by atoms with Gasteiger partial charge >= 0.3 is 0 Å². The van der Waals surface area contributed by atoms with Gasteiger partial charge in [0.1, 0.15) is 0 Å². The Labute approximate surface area is 225 Å². The summed E-state index contributed by atoms with van der Waals surface area (Å²) in [6, 6.07) is 10.1. The quantitative estimate of drug-likeness (QED) is 0.373. The number of hydrogen-bond acceptors (Lipinski definition) is 0. The van der Waals surface area contributed by atoms with E-state index in [2.05, 4.69) is 149 Å². The number of rotatable bonds is 1. The van der Waals surface area contributed by atoms with Gasteiger partial charge in [0.15, 0.2) is 0 Å². The van der Waals surface area contributed by atoms with Crippen LogP contribution in [0.2, 0.25) is 0 Å². The van der Waals surface area contributed by atoms with Crippen molar-refractivity contribution in [2.75, 3.05) is 0 Å². The molecule has 0 bridgehead atoms. The minimum absolute atomic E-state index is 0.0175. The third kappa shape index (κ3) is 6.46. The van der Waals surface area contributed by atoms with Gasteiger partial charge in [-0.15, -0.1) is 0 Å². The molecule has 0 aliphatic carbocycles. The van der Waals surface area contributed by atoms with Crippen molar-refractivity contribution in [3.05, 3.63) is 57.6 Å². The summed E-state index contributed by atoms with van der Waals surface area (Å²) < 4.78 is 0. The lowest BCUT2D eigenvalue weighted by molar-refractivity contribution is 0.540. The summed E-state index contributed by atoms with van der Waals surface area (Å²) in [6.07, 6.45) is 0. The Balaban J connectivity index is 3.39. The van der Waals surface area contributed by atoms with Gasteiger partial charge in [-0.3, -0.25) is 0 Å². The monoisotopic (exact) mass is 490 g/mol. The third-order valence-electron chi connectivity index (χ3n) is 7.49. The molecule has 0 heteroatoms. The SMILES string of the molecule is CC(C)(C)c1cc(C(C)(C)C)c(-c2c(C(C)(C)C)cc(C(C)(C)C)cc2C(C)(C)C)c(C(C)(C)C)c1. The maximum atomic E-state index is 2.53. The largest absolute Gasteiger partial charge is 0.0561 e. The van der Waals surface area contributed by atoms with E-state index >= 15 is 0 Å². The highest BCUT2D eigenvalue weighted by molar-refractivity contribution is 5.82. The summed E-state index contributed by atoms with van der Waals surface area (Å²) in [6.45, 7) is 42.8. The van der Waals surface area contributed by atoms with Crippen molar-refractivity contribution in [2.45, 2.75) is 157 Å². The van der Waals surface area contributed by atoms with Gasteiger partial charge < -0.3 is 0 Å². The zero-order valence-electron chi connectivity index (χ0n) is 27.3. The first-order valence-corrected chi connectivity index (χ1v) is 14.1. The van der Waals surface area contributed by atoms with Crippen LogP contribution >= 0.6 is 0 Å². The van der Waals surface area contributed by atoms with Crippen molar-refractivity contribution < 1.29 is 0 Å². The molecule has 0 nitrogen and oxygen atoms in total. The van der Waals surface area contributed by atoms with Crippen LogP contribution in [0.4, 0.5) is 0 Å². The molecule has 36 heavy (non-hydrogen) atoms. The molecule has 202 valence electrons. The normalized spacial score (nSPS) is 14.4. The van der Waals surface area contributed by atoms with E-state index in [1.54, 1.807) is 0 Å². The molecule has 0 aliphatic rings. The fourth-order valence-corrected chi connectivity index (χ4v) is 5.05. The summed E-state index contributed by atoms with van der Waals surface area (Å²) in [5.74, 6) is 0. The Morgan fingerprint density at radius 2 is 0.444 bits per heavy atom. The van der Waals surface area contributed by atoms with Crippen molar-refractivity contribution in [3.8, 4) is 11.1 Å². The highest BCUT2D eigenvalue weighted by atomic mass is 14.4. The van der Waals surface area contributed by atoms with Gasteiger partial charge in [0.2, 0.25) is 0 Å². The Kier molecular flexibility index (Phi) is 7.69. The van der Waals surface area contributed by atoms with Crippen LogP contribution in [0.5, 0.6) is 0 Å². The second-order valence-corrected chi connectivity index (χ2v) is 17.4. The highest BCUT2D eigenvalue weighted by Crippen LogP contribution is 2.50. The molecule has 2 aromatic rings. The average molecular weight is 491 g/mol. The fraction of sp³-hybridized carbons (Fsp3) is 0.667. The van der Waals surface area contributed by atoms with E-state index in [1.807, 2.05) is 0 Å². The van der Waals surface area contributed by atoms with Crippen LogP contribution in [-0.4, -0.2) is 0 Å². The van der Waals surface area contributed by atoms with E-state index in [0.717, 1.165) is 0 Å². The van der Waals surface area contributed by atoms with Crippen LogP contribution in [0, 0.1) is 0 Å². The maximum absolute atomic E-state index is 2.53. The second kappa shape index (κ2) is 9.03. The van der Waals surface area contributed by atoms with Crippen LogP contribution in [0.15, 0.2) is 24.3 Å². The fourth-order valence-electron chi connectivity index (χ4n) is 5.05. The molecule has 0 fully saturated rings. The molecular weight excluding hydrogens is 432 g/mol. The molecule has 2 rings (SSSR count). The lowest BCUT2D eigenvalue weighted by atomic mass is 9.65. The summed E-state index contributed by atoms with van der Waals surface area (Å²) in [4.78, 5) is 0. The van der Waals surface area contributed by atoms with Gasteiger partial charge in [0.05, 0.1) is 0 Å². The minimum atomic E-state index is 0.0175. The first-order valence-electron chi connectivity index (χ1n) is 14.1. The smallest absolute Gasteiger partial charge is 0.0103 e. The zero-order chi connectivity index (χ0) is 28.4. The topological polar surface area (TPSA) is 0 Å². The Morgan fingerprint density at radius 1 is 0.278 bits per heavy atom. The van der Waals surface area contributed by atoms with Gasteiger partial charge in [-0.2, -0.15) is 0 Å². The van der Waals surface area contributed by atoms with E-state index in [1.165, 1.54) is 44.5 Å².